The average molecular weight is 499 g/mol. The van der Waals surface area contributed by atoms with Crippen molar-refractivity contribution in [2.75, 3.05) is 24.6 Å². The molecule has 3 aromatic carbocycles. The SMILES string of the molecule is C=C(C)C(=O)OCCN(Cc1ccccc1)c1ccc2c3c(cccc13)C(=O)N(CCCCCC)C2=O. The lowest BCUT2D eigenvalue weighted by atomic mass is 9.92. The van der Waals surface area contributed by atoms with E-state index in [0.29, 0.717) is 41.7 Å². The summed E-state index contributed by atoms with van der Waals surface area (Å²) < 4.78 is 5.39. The van der Waals surface area contributed by atoms with E-state index >= 15 is 0 Å². The number of rotatable bonds is 12. The zero-order valence-corrected chi connectivity index (χ0v) is 21.7. The molecule has 0 saturated carbocycles. The van der Waals surface area contributed by atoms with E-state index in [2.05, 4.69) is 18.4 Å². The van der Waals surface area contributed by atoms with Gasteiger partial charge in [0.2, 0.25) is 0 Å². The molecular weight excluding hydrogens is 464 g/mol. The molecule has 0 aliphatic carbocycles. The molecule has 3 aromatic rings. The van der Waals surface area contributed by atoms with Crippen LogP contribution >= 0.6 is 0 Å². The molecule has 0 spiro atoms. The molecule has 0 aromatic heterocycles. The fourth-order valence-electron chi connectivity index (χ4n) is 4.77. The molecule has 6 nitrogen and oxygen atoms in total. The molecular formula is C31H34N2O4. The summed E-state index contributed by atoms with van der Waals surface area (Å²) in [6.07, 6.45) is 3.99. The number of imide groups is 1. The molecule has 6 heteroatoms. The monoisotopic (exact) mass is 498 g/mol. The smallest absolute Gasteiger partial charge is 0.333 e. The molecule has 1 aliphatic rings. The molecule has 0 bridgehead atoms. The van der Waals surface area contributed by atoms with Crippen LogP contribution in [0.1, 0.15) is 65.8 Å². The van der Waals surface area contributed by atoms with Crippen molar-refractivity contribution < 1.29 is 19.1 Å². The second-order valence-corrected chi connectivity index (χ2v) is 9.51. The maximum atomic E-state index is 13.4. The van der Waals surface area contributed by atoms with Crippen LogP contribution in [0.25, 0.3) is 10.8 Å². The highest BCUT2D eigenvalue weighted by Crippen LogP contribution is 2.36. The number of ether oxygens (including phenoxy) is 1. The second kappa shape index (κ2) is 11.9. The first-order chi connectivity index (χ1) is 17.9. The Morgan fingerprint density at radius 3 is 2.35 bits per heavy atom. The van der Waals surface area contributed by atoms with Crippen LogP contribution in [0, 0.1) is 0 Å². The second-order valence-electron chi connectivity index (χ2n) is 9.51. The number of hydrogen-bond acceptors (Lipinski definition) is 5. The van der Waals surface area contributed by atoms with Crippen LogP contribution in [-0.2, 0) is 16.1 Å². The Labute approximate surface area is 218 Å². The molecule has 1 heterocycles. The Balaban J connectivity index is 1.69. The van der Waals surface area contributed by atoms with Crippen LogP contribution in [0.15, 0.2) is 72.8 Å². The first-order valence-corrected chi connectivity index (χ1v) is 13.0. The van der Waals surface area contributed by atoms with Gasteiger partial charge in [-0.1, -0.05) is 75.2 Å². The van der Waals surface area contributed by atoms with E-state index in [9.17, 15) is 14.4 Å². The van der Waals surface area contributed by atoms with Crippen LogP contribution in [0.3, 0.4) is 0 Å². The number of carbonyl (C=O) groups excluding carboxylic acids is 3. The zero-order chi connectivity index (χ0) is 26.4. The summed E-state index contributed by atoms with van der Waals surface area (Å²) in [6.45, 7) is 9.05. The average Bonchev–Trinajstić information content (AvgIpc) is 2.91. The summed E-state index contributed by atoms with van der Waals surface area (Å²) in [7, 11) is 0. The minimum atomic E-state index is -0.424. The predicted molar refractivity (Wildman–Crippen MR) is 147 cm³/mol. The molecule has 4 rings (SSSR count). The first-order valence-electron chi connectivity index (χ1n) is 13.0. The molecule has 0 fully saturated rings. The van der Waals surface area contributed by atoms with Gasteiger partial charge in [0.05, 0.1) is 6.54 Å². The summed E-state index contributed by atoms with van der Waals surface area (Å²) in [5.74, 6) is -0.893. The van der Waals surface area contributed by atoms with Gasteiger partial charge in [0.1, 0.15) is 6.61 Å². The van der Waals surface area contributed by atoms with E-state index < -0.39 is 5.97 Å². The van der Waals surface area contributed by atoms with Gasteiger partial charge in [-0.15, -0.1) is 0 Å². The Hall–Kier alpha value is -3.93. The molecule has 2 amide bonds. The minimum absolute atomic E-state index is 0.185. The van der Waals surface area contributed by atoms with Gasteiger partial charge in [0.15, 0.2) is 0 Å². The number of nitrogens with zero attached hydrogens (tertiary/aromatic N) is 2. The van der Waals surface area contributed by atoms with E-state index in [1.54, 1.807) is 13.0 Å². The van der Waals surface area contributed by atoms with E-state index in [0.717, 1.165) is 42.3 Å². The van der Waals surface area contributed by atoms with Crippen molar-refractivity contribution in [3.63, 3.8) is 0 Å². The molecule has 0 radical (unpaired) electrons. The summed E-state index contributed by atoms with van der Waals surface area (Å²) >= 11 is 0. The zero-order valence-electron chi connectivity index (χ0n) is 21.7. The van der Waals surface area contributed by atoms with E-state index in [4.69, 9.17) is 4.74 Å². The molecule has 0 unspecified atom stereocenters. The van der Waals surface area contributed by atoms with Gasteiger partial charge in [-0.25, -0.2) is 4.79 Å². The van der Waals surface area contributed by atoms with Crippen LogP contribution in [0.2, 0.25) is 0 Å². The molecule has 0 atom stereocenters. The fraction of sp³-hybridized carbons (Fsp3) is 0.323. The lowest BCUT2D eigenvalue weighted by Gasteiger charge is -2.31. The van der Waals surface area contributed by atoms with Crippen LogP contribution in [-0.4, -0.2) is 42.4 Å². The van der Waals surface area contributed by atoms with Crippen molar-refractivity contribution in [2.45, 2.75) is 46.1 Å². The molecule has 192 valence electrons. The summed E-state index contributed by atoms with van der Waals surface area (Å²) in [5.41, 5.74) is 3.44. The summed E-state index contributed by atoms with van der Waals surface area (Å²) in [4.78, 5) is 42.2. The maximum Gasteiger partial charge on any atom is 0.333 e. The Bertz CT molecular complexity index is 1290. The Morgan fingerprint density at radius 2 is 1.65 bits per heavy atom. The molecule has 1 aliphatic heterocycles. The van der Waals surface area contributed by atoms with Crippen molar-refractivity contribution >= 4 is 34.2 Å². The number of anilines is 1. The quantitative estimate of drug-likeness (QED) is 0.130. The largest absolute Gasteiger partial charge is 0.460 e. The van der Waals surface area contributed by atoms with Crippen molar-refractivity contribution in [2.24, 2.45) is 0 Å². The topological polar surface area (TPSA) is 66.9 Å². The van der Waals surface area contributed by atoms with Crippen molar-refractivity contribution in [3.8, 4) is 0 Å². The lowest BCUT2D eigenvalue weighted by Crippen LogP contribution is -2.41. The maximum absolute atomic E-state index is 13.4. The number of benzene rings is 3. The minimum Gasteiger partial charge on any atom is -0.460 e. The third kappa shape index (κ3) is 5.74. The number of esters is 1. The van der Waals surface area contributed by atoms with Gasteiger partial charge in [-0.2, -0.15) is 0 Å². The highest BCUT2D eigenvalue weighted by atomic mass is 16.5. The highest BCUT2D eigenvalue weighted by Gasteiger charge is 2.33. The van der Waals surface area contributed by atoms with Gasteiger partial charge in [0.25, 0.3) is 11.8 Å². The van der Waals surface area contributed by atoms with Gasteiger partial charge >= 0.3 is 5.97 Å². The van der Waals surface area contributed by atoms with Gasteiger partial charge in [-0.05, 0) is 37.1 Å². The molecule has 37 heavy (non-hydrogen) atoms. The van der Waals surface area contributed by atoms with E-state index in [1.165, 1.54) is 4.90 Å². The third-order valence-corrected chi connectivity index (χ3v) is 6.70. The van der Waals surface area contributed by atoms with Crippen LogP contribution in [0.5, 0.6) is 0 Å². The van der Waals surface area contributed by atoms with E-state index in [1.807, 2.05) is 54.6 Å². The van der Waals surface area contributed by atoms with Crippen molar-refractivity contribution in [1.29, 1.82) is 0 Å². The Kier molecular flexibility index (Phi) is 8.39. The van der Waals surface area contributed by atoms with Gasteiger partial charge < -0.3 is 9.64 Å². The lowest BCUT2D eigenvalue weighted by molar-refractivity contribution is -0.138. The number of unbranched alkanes of at least 4 members (excludes halogenated alkanes) is 3. The first kappa shape index (κ1) is 26.1. The molecule has 0 N–H and O–H groups in total. The van der Waals surface area contributed by atoms with Crippen LogP contribution < -0.4 is 4.90 Å². The normalized spacial score (nSPS) is 12.6. The fourth-order valence-corrected chi connectivity index (χ4v) is 4.77. The molecule has 0 saturated heterocycles. The number of carbonyl (C=O) groups is 3. The third-order valence-electron chi connectivity index (χ3n) is 6.70. The van der Waals surface area contributed by atoms with Gasteiger partial charge in [0, 0.05) is 46.2 Å². The van der Waals surface area contributed by atoms with Gasteiger partial charge in [-0.3, -0.25) is 14.5 Å². The summed E-state index contributed by atoms with van der Waals surface area (Å²) in [5, 5.41) is 1.53. The van der Waals surface area contributed by atoms with Crippen LogP contribution in [0.4, 0.5) is 5.69 Å². The standard InChI is InChI=1S/C31H34N2O4/c1-4-5-6-10-18-33-29(34)25-15-11-14-24-27(17-16-26(28(24)25)30(33)35)32(19-20-37-31(36)22(2)3)21-23-12-8-7-9-13-23/h7-9,11-17H,2,4-6,10,18-21H2,1,3H3. The van der Waals surface area contributed by atoms with E-state index in [-0.39, 0.29) is 18.4 Å². The number of hydrogen-bond donors (Lipinski definition) is 0. The highest BCUT2D eigenvalue weighted by molar-refractivity contribution is 6.26. The van der Waals surface area contributed by atoms with Crippen molar-refractivity contribution in [1.82, 2.24) is 4.90 Å². The van der Waals surface area contributed by atoms with Crippen molar-refractivity contribution in [3.05, 3.63) is 89.5 Å². The predicted octanol–water partition coefficient (Wildman–Crippen LogP) is 6.14. The number of amides is 2. The Morgan fingerprint density at radius 1 is 0.919 bits per heavy atom. The summed E-state index contributed by atoms with van der Waals surface area (Å²) in [6, 6.07) is 19.4.